The second-order valence-corrected chi connectivity index (χ2v) is 11.6. The zero-order valence-electron chi connectivity index (χ0n) is 23.3. The maximum absolute atomic E-state index is 2.55. The molecule has 2 heteroatoms. The van der Waals surface area contributed by atoms with Gasteiger partial charge in [0, 0.05) is 28.4 Å². The van der Waals surface area contributed by atoms with Gasteiger partial charge >= 0.3 is 0 Å². The first-order valence-corrected chi connectivity index (χ1v) is 15.0. The minimum atomic E-state index is 0.211. The molecule has 0 bridgehead atoms. The second-order valence-electron chi connectivity index (χ2n) is 11.6. The average molecular weight is 539 g/mol. The van der Waals surface area contributed by atoms with E-state index < -0.39 is 0 Å². The fraction of sp³-hybridized carbons (Fsp3) is 0.100. The summed E-state index contributed by atoms with van der Waals surface area (Å²) in [6.45, 7) is 0. The number of aromatic nitrogens is 1. The third kappa shape index (κ3) is 3.45. The number of para-hydroxylation sites is 2. The van der Waals surface area contributed by atoms with E-state index in [4.69, 9.17) is 0 Å². The van der Waals surface area contributed by atoms with Crippen LogP contribution >= 0.6 is 0 Å². The van der Waals surface area contributed by atoms with Crippen molar-refractivity contribution in [2.24, 2.45) is 0 Å². The Morgan fingerprint density at radius 1 is 0.643 bits per heavy atom. The number of rotatable bonds is 3. The Morgan fingerprint density at radius 2 is 1.43 bits per heavy atom. The van der Waals surface area contributed by atoms with E-state index in [0.717, 1.165) is 12.8 Å². The maximum atomic E-state index is 2.55. The Balaban J connectivity index is 1.22. The predicted molar refractivity (Wildman–Crippen MR) is 177 cm³/mol. The average Bonchev–Trinajstić information content (AvgIpc) is 3.58. The van der Waals surface area contributed by atoms with Crippen LogP contribution in [0.15, 0.2) is 140 Å². The van der Waals surface area contributed by atoms with Crippen molar-refractivity contribution in [2.75, 3.05) is 4.90 Å². The molecule has 0 radical (unpaired) electrons. The van der Waals surface area contributed by atoms with Crippen LogP contribution in [0.25, 0.3) is 39.0 Å². The summed E-state index contributed by atoms with van der Waals surface area (Å²) >= 11 is 0. The molecule has 42 heavy (non-hydrogen) atoms. The number of fused-ring (bicyclic) bond motifs is 8. The van der Waals surface area contributed by atoms with Crippen molar-refractivity contribution >= 4 is 44.7 Å². The van der Waals surface area contributed by atoms with Crippen LogP contribution < -0.4 is 4.90 Å². The number of benzene rings is 5. The molecule has 0 amide bonds. The van der Waals surface area contributed by atoms with E-state index in [0.29, 0.717) is 0 Å². The van der Waals surface area contributed by atoms with Crippen LogP contribution in [0.2, 0.25) is 0 Å². The summed E-state index contributed by atoms with van der Waals surface area (Å²) < 4.78 is 2.47. The largest absolute Gasteiger partial charge is 0.333 e. The van der Waals surface area contributed by atoms with Gasteiger partial charge in [-0.15, -0.1) is 0 Å². The fourth-order valence-corrected chi connectivity index (χ4v) is 7.50. The van der Waals surface area contributed by atoms with Crippen molar-refractivity contribution in [1.82, 2.24) is 4.57 Å². The lowest BCUT2D eigenvalue weighted by atomic mass is 9.82. The van der Waals surface area contributed by atoms with E-state index in [1.54, 1.807) is 0 Å². The number of allylic oxidation sites excluding steroid dienone is 4. The molecule has 0 N–H and O–H groups in total. The smallest absolute Gasteiger partial charge is 0.0637 e. The minimum absolute atomic E-state index is 0.211. The first-order chi connectivity index (χ1) is 20.8. The van der Waals surface area contributed by atoms with E-state index in [2.05, 4.69) is 155 Å². The third-order valence-corrected chi connectivity index (χ3v) is 9.35. The van der Waals surface area contributed by atoms with Crippen molar-refractivity contribution < 1.29 is 0 Å². The standard InChI is InChI=1S/C40H30N2/c1-2-10-27(11-3-1)29-18-21-31(22-19-29)41-35-16-8-6-14-33(35)39-37(41)24-25-38-40(39)34-15-7-9-17-36(34)42(38)32-23-20-28-12-4-5-13-30(28)26-32/h2,4-26,38,40H,1,3H2. The summed E-state index contributed by atoms with van der Waals surface area (Å²) in [5.41, 5.74) is 11.7. The summed E-state index contributed by atoms with van der Waals surface area (Å²) in [4.78, 5) is 2.55. The first kappa shape index (κ1) is 23.6. The zero-order chi connectivity index (χ0) is 27.6. The van der Waals surface area contributed by atoms with Gasteiger partial charge in [-0.3, -0.25) is 0 Å². The van der Waals surface area contributed by atoms with Gasteiger partial charge in [-0.05, 0) is 88.4 Å². The van der Waals surface area contributed by atoms with Gasteiger partial charge in [0.15, 0.2) is 0 Å². The Morgan fingerprint density at radius 3 is 2.31 bits per heavy atom. The molecule has 0 saturated heterocycles. The van der Waals surface area contributed by atoms with E-state index in [-0.39, 0.29) is 12.0 Å². The molecule has 200 valence electrons. The number of nitrogens with zero attached hydrogens (tertiary/aromatic N) is 2. The van der Waals surface area contributed by atoms with E-state index in [9.17, 15) is 0 Å². The molecule has 2 aliphatic carbocycles. The highest BCUT2D eigenvalue weighted by Gasteiger charge is 2.43. The molecule has 2 nitrogen and oxygen atoms in total. The monoisotopic (exact) mass is 538 g/mol. The molecule has 0 fully saturated rings. The summed E-state index contributed by atoms with van der Waals surface area (Å²) in [6.07, 6.45) is 13.9. The van der Waals surface area contributed by atoms with Crippen LogP contribution in [0, 0.1) is 0 Å². The molecule has 0 spiro atoms. The van der Waals surface area contributed by atoms with Gasteiger partial charge in [-0.2, -0.15) is 0 Å². The van der Waals surface area contributed by atoms with Gasteiger partial charge in [0.1, 0.15) is 0 Å². The molecule has 3 aliphatic rings. The van der Waals surface area contributed by atoms with Gasteiger partial charge in [-0.1, -0.05) is 103 Å². The highest BCUT2D eigenvalue weighted by atomic mass is 15.2. The normalized spacial score (nSPS) is 18.7. The van der Waals surface area contributed by atoms with Crippen LogP contribution in [-0.4, -0.2) is 10.6 Å². The zero-order valence-corrected chi connectivity index (χ0v) is 23.3. The van der Waals surface area contributed by atoms with Gasteiger partial charge < -0.3 is 9.47 Å². The van der Waals surface area contributed by atoms with Crippen molar-refractivity contribution in [2.45, 2.75) is 24.8 Å². The lowest BCUT2D eigenvalue weighted by molar-refractivity contribution is 0.726. The molecule has 1 aliphatic heterocycles. The topological polar surface area (TPSA) is 8.17 Å². The molecule has 2 atom stereocenters. The number of anilines is 2. The van der Waals surface area contributed by atoms with E-state index in [1.165, 1.54) is 66.7 Å². The van der Waals surface area contributed by atoms with Crippen molar-refractivity contribution in [3.8, 4) is 5.69 Å². The highest BCUT2D eigenvalue weighted by molar-refractivity contribution is 5.95. The van der Waals surface area contributed by atoms with Gasteiger partial charge in [0.2, 0.25) is 0 Å². The summed E-state index contributed by atoms with van der Waals surface area (Å²) in [5, 5.41) is 3.89. The maximum Gasteiger partial charge on any atom is 0.0637 e. The van der Waals surface area contributed by atoms with Crippen molar-refractivity contribution in [3.05, 3.63) is 162 Å². The lowest BCUT2D eigenvalue weighted by Crippen LogP contribution is -2.30. The van der Waals surface area contributed by atoms with Crippen LogP contribution in [0.5, 0.6) is 0 Å². The quantitative estimate of drug-likeness (QED) is 0.218. The number of hydrogen-bond donors (Lipinski definition) is 0. The Labute approximate surface area is 246 Å². The summed E-state index contributed by atoms with van der Waals surface area (Å²) in [7, 11) is 0. The minimum Gasteiger partial charge on any atom is -0.333 e. The Bertz CT molecular complexity index is 2100. The molecular formula is C40H30N2. The van der Waals surface area contributed by atoms with Crippen LogP contribution in [0.4, 0.5) is 11.4 Å². The number of hydrogen-bond acceptors (Lipinski definition) is 1. The molecule has 0 saturated carbocycles. The van der Waals surface area contributed by atoms with E-state index >= 15 is 0 Å². The van der Waals surface area contributed by atoms with Gasteiger partial charge in [0.25, 0.3) is 0 Å². The molecule has 2 heterocycles. The van der Waals surface area contributed by atoms with Crippen LogP contribution in [0.1, 0.15) is 41.1 Å². The Hall–Kier alpha value is -5.08. The lowest BCUT2D eigenvalue weighted by Gasteiger charge is -2.31. The molecule has 6 aromatic rings. The van der Waals surface area contributed by atoms with E-state index in [1.807, 2.05) is 0 Å². The van der Waals surface area contributed by atoms with Crippen LogP contribution in [-0.2, 0) is 0 Å². The van der Waals surface area contributed by atoms with Gasteiger partial charge in [0.05, 0.1) is 17.3 Å². The highest BCUT2D eigenvalue weighted by Crippen LogP contribution is 2.54. The molecule has 5 aromatic carbocycles. The second kappa shape index (κ2) is 9.22. The fourth-order valence-electron chi connectivity index (χ4n) is 7.50. The molecule has 9 rings (SSSR count). The third-order valence-electron chi connectivity index (χ3n) is 9.35. The molecule has 1 aromatic heterocycles. The summed E-state index contributed by atoms with van der Waals surface area (Å²) in [6, 6.07) is 42.8. The first-order valence-electron chi connectivity index (χ1n) is 15.0. The van der Waals surface area contributed by atoms with Crippen molar-refractivity contribution in [1.29, 1.82) is 0 Å². The molecular weight excluding hydrogens is 508 g/mol. The predicted octanol–water partition coefficient (Wildman–Crippen LogP) is 10.2. The van der Waals surface area contributed by atoms with Gasteiger partial charge in [-0.25, -0.2) is 0 Å². The summed E-state index contributed by atoms with van der Waals surface area (Å²) in [5.74, 6) is 0.246. The SMILES string of the molecule is C1=CC(c2ccc(-n3c4c(c5ccccc53)C3c5ccccc5N(c5ccc6ccccc6c5)C3C=C4)cc2)=CCC1. The Kier molecular flexibility index (Phi) is 5.18. The van der Waals surface area contributed by atoms with Crippen molar-refractivity contribution in [3.63, 3.8) is 0 Å². The molecule has 2 unspecified atom stereocenters. The van der Waals surface area contributed by atoms with Crippen LogP contribution in [0.3, 0.4) is 0 Å².